The number of nitrogens with zero attached hydrogens (tertiary/aromatic N) is 2. The van der Waals surface area contributed by atoms with E-state index in [0.717, 1.165) is 83.4 Å². The van der Waals surface area contributed by atoms with Crippen LogP contribution in [0, 0.1) is 13.8 Å². The van der Waals surface area contributed by atoms with Crippen molar-refractivity contribution in [1.29, 1.82) is 0 Å². The second-order valence-corrected chi connectivity index (χ2v) is 15.9. The van der Waals surface area contributed by atoms with Crippen molar-refractivity contribution in [3.8, 4) is 0 Å². The minimum atomic E-state index is 0.882. The quantitative estimate of drug-likeness (QED) is 0.158. The maximum Gasteiger partial charge on any atom is 0.135 e. The molecule has 4 nitrogen and oxygen atoms in total. The SMILES string of the molecule is Cc1ccc2oc3ccc(N(c4ccccc4)c4cc5c6cccc(N(c7ccccc7)c7ccc8oc9ccc(C)cc9c8c7)c6ccc5c5ccccc45)cc3c2c1. The number of furan rings is 2. The normalized spacial score (nSPS) is 11.8. The van der Waals surface area contributed by atoms with Gasteiger partial charge in [-0.05, 0) is 132 Å². The van der Waals surface area contributed by atoms with Crippen LogP contribution in [0.5, 0.6) is 0 Å². The molecule has 0 aliphatic heterocycles. The van der Waals surface area contributed by atoms with Crippen LogP contribution < -0.4 is 9.80 Å². The summed E-state index contributed by atoms with van der Waals surface area (Å²) in [6.07, 6.45) is 0. The average molecular weight is 771 g/mol. The molecule has 10 aromatic carbocycles. The molecule has 2 heterocycles. The van der Waals surface area contributed by atoms with Crippen LogP contribution in [-0.4, -0.2) is 0 Å². The summed E-state index contributed by atoms with van der Waals surface area (Å²) in [5.74, 6) is 0. The summed E-state index contributed by atoms with van der Waals surface area (Å²) >= 11 is 0. The Balaban J connectivity index is 1.11. The van der Waals surface area contributed by atoms with Gasteiger partial charge in [0.05, 0.1) is 11.4 Å². The van der Waals surface area contributed by atoms with Crippen molar-refractivity contribution in [2.75, 3.05) is 9.80 Å². The topological polar surface area (TPSA) is 32.8 Å². The summed E-state index contributed by atoms with van der Waals surface area (Å²) in [7, 11) is 0. The van der Waals surface area contributed by atoms with E-state index in [9.17, 15) is 0 Å². The lowest BCUT2D eigenvalue weighted by atomic mass is 9.94. The molecule has 12 rings (SSSR count). The monoisotopic (exact) mass is 770 g/mol. The van der Waals surface area contributed by atoms with Crippen LogP contribution >= 0.6 is 0 Å². The summed E-state index contributed by atoms with van der Waals surface area (Å²) in [6.45, 7) is 4.27. The number of fused-ring (bicyclic) bond motifs is 11. The molecule has 2 aromatic heterocycles. The molecule has 0 bridgehead atoms. The van der Waals surface area contributed by atoms with Gasteiger partial charge in [-0.2, -0.15) is 0 Å². The number of para-hydroxylation sites is 2. The second kappa shape index (κ2) is 13.4. The molecule has 0 amide bonds. The Morgan fingerprint density at radius 1 is 0.267 bits per heavy atom. The molecule has 12 aromatic rings. The first kappa shape index (κ1) is 34.2. The van der Waals surface area contributed by atoms with E-state index in [1.807, 2.05) is 0 Å². The van der Waals surface area contributed by atoms with Gasteiger partial charge in [-0.15, -0.1) is 0 Å². The van der Waals surface area contributed by atoms with Gasteiger partial charge in [0.1, 0.15) is 22.3 Å². The minimum absolute atomic E-state index is 0.882. The van der Waals surface area contributed by atoms with E-state index in [1.165, 1.54) is 38.1 Å². The molecule has 0 saturated carbocycles. The minimum Gasteiger partial charge on any atom is -0.456 e. The number of rotatable bonds is 6. The highest BCUT2D eigenvalue weighted by molar-refractivity contribution is 6.23. The number of hydrogen-bond donors (Lipinski definition) is 0. The molecule has 284 valence electrons. The number of hydrogen-bond acceptors (Lipinski definition) is 4. The van der Waals surface area contributed by atoms with Gasteiger partial charge >= 0.3 is 0 Å². The molecule has 0 saturated heterocycles. The van der Waals surface area contributed by atoms with Crippen LogP contribution in [-0.2, 0) is 0 Å². The third kappa shape index (κ3) is 5.38. The van der Waals surface area contributed by atoms with Gasteiger partial charge in [0.2, 0.25) is 0 Å². The first-order valence-corrected chi connectivity index (χ1v) is 20.5. The number of aryl methyl sites for hydroxylation is 2. The van der Waals surface area contributed by atoms with Crippen LogP contribution in [0.25, 0.3) is 76.2 Å². The standard InChI is InChI=1S/C56H38N2O2/c1-35-20-26-53-47(30-35)49-32-39(22-28-55(49)59-53)57(37-12-5-3-6-13-37)51-19-11-18-42-45(51)25-24-43-41-16-9-10-17-44(41)52(34-46(42)43)58(38-14-7-4-8-15-38)40-23-29-56-50(33-40)48-31-36(2)21-27-54(48)60-56/h3-34H,1-2H3. The Kier molecular flexibility index (Phi) is 7.63. The fourth-order valence-corrected chi connectivity index (χ4v) is 9.34. The highest BCUT2D eigenvalue weighted by atomic mass is 16.3. The summed E-state index contributed by atoms with van der Waals surface area (Å²) in [6, 6.07) is 69.9. The molecule has 0 unspecified atom stereocenters. The van der Waals surface area contributed by atoms with Crippen LogP contribution in [0.1, 0.15) is 11.1 Å². The third-order valence-corrected chi connectivity index (χ3v) is 12.1. The van der Waals surface area contributed by atoms with E-state index >= 15 is 0 Å². The fraction of sp³-hybridized carbons (Fsp3) is 0.0357. The zero-order chi connectivity index (χ0) is 39.9. The zero-order valence-electron chi connectivity index (χ0n) is 33.2. The lowest BCUT2D eigenvalue weighted by Gasteiger charge is -2.29. The van der Waals surface area contributed by atoms with Crippen molar-refractivity contribution in [1.82, 2.24) is 0 Å². The molecule has 60 heavy (non-hydrogen) atoms. The largest absolute Gasteiger partial charge is 0.456 e. The Morgan fingerprint density at radius 2 is 0.683 bits per heavy atom. The summed E-state index contributed by atoms with van der Waals surface area (Å²) in [5.41, 5.74) is 12.5. The molecule has 0 spiro atoms. The highest BCUT2D eigenvalue weighted by Crippen LogP contribution is 2.47. The van der Waals surface area contributed by atoms with Crippen LogP contribution in [0.3, 0.4) is 0 Å². The molecule has 4 heteroatoms. The Morgan fingerprint density at radius 3 is 1.27 bits per heavy atom. The van der Waals surface area contributed by atoms with E-state index in [4.69, 9.17) is 8.83 Å². The lowest BCUT2D eigenvalue weighted by Crippen LogP contribution is -2.11. The van der Waals surface area contributed by atoms with Crippen molar-refractivity contribution < 1.29 is 8.83 Å². The van der Waals surface area contributed by atoms with E-state index in [-0.39, 0.29) is 0 Å². The maximum absolute atomic E-state index is 6.34. The molecule has 0 atom stereocenters. The molecule has 0 fully saturated rings. The molecule has 0 aliphatic rings. The zero-order valence-corrected chi connectivity index (χ0v) is 33.2. The first-order chi connectivity index (χ1) is 29.6. The number of benzene rings is 10. The molecule has 0 aliphatic carbocycles. The van der Waals surface area contributed by atoms with Crippen molar-refractivity contribution in [2.24, 2.45) is 0 Å². The van der Waals surface area contributed by atoms with Gasteiger partial charge < -0.3 is 18.6 Å². The van der Waals surface area contributed by atoms with E-state index in [0.29, 0.717) is 0 Å². The van der Waals surface area contributed by atoms with Crippen molar-refractivity contribution >= 4 is 110 Å². The van der Waals surface area contributed by atoms with E-state index in [1.54, 1.807) is 0 Å². The van der Waals surface area contributed by atoms with Gasteiger partial charge in [-0.3, -0.25) is 0 Å². The maximum atomic E-state index is 6.34. The van der Waals surface area contributed by atoms with Crippen molar-refractivity contribution in [3.05, 3.63) is 205 Å². The van der Waals surface area contributed by atoms with Gasteiger partial charge in [-0.25, -0.2) is 0 Å². The Labute approximate surface area is 346 Å². The Hall–Kier alpha value is -7.82. The predicted molar refractivity (Wildman–Crippen MR) is 252 cm³/mol. The van der Waals surface area contributed by atoms with Crippen molar-refractivity contribution in [2.45, 2.75) is 13.8 Å². The predicted octanol–water partition coefficient (Wildman–Crippen LogP) is 16.5. The van der Waals surface area contributed by atoms with Crippen LogP contribution in [0.15, 0.2) is 203 Å². The fourth-order valence-electron chi connectivity index (χ4n) is 9.34. The van der Waals surface area contributed by atoms with Crippen LogP contribution in [0.2, 0.25) is 0 Å². The molecule has 0 N–H and O–H groups in total. The molecular formula is C56H38N2O2. The second-order valence-electron chi connectivity index (χ2n) is 15.9. The van der Waals surface area contributed by atoms with Gasteiger partial charge in [0, 0.05) is 55.1 Å². The van der Waals surface area contributed by atoms with Crippen molar-refractivity contribution in [3.63, 3.8) is 0 Å². The molecule has 0 radical (unpaired) electrons. The summed E-state index contributed by atoms with van der Waals surface area (Å²) in [5, 5.41) is 11.6. The summed E-state index contributed by atoms with van der Waals surface area (Å²) in [4.78, 5) is 4.79. The van der Waals surface area contributed by atoms with Gasteiger partial charge in [0.25, 0.3) is 0 Å². The smallest absolute Gasteiger partial charge is 0.135 e. The van der Waals surface area contributed by atoms with Gasteiger partial charge in [-0.1, -0.05) is 108 Å². The van der Waals surface area contributed by atoms with Gasteiger partial charge in [0.15, 0.2) is 0 Å². The number of anilines is 6. The van der Waals surface area contributed by atoms with Crippen LogP contribution in [0.4, 0.5) is 34.1 Å². The molecular weight excluding hydrogens is 733 g/mol. The Bertz CT molecular complexity index is 3640. The lowest BCUT2D eigenvalue weighted by molar-refractivity contribution is 0.668. The first-order valence-electron chi connectivity index (χ1n) is 20.5. The van der Waals surface area contributed by atoms with E-state index in [2.05, 4.69) is 218 Å². The van der Waals surface area contributed by atoms with E-state index < -0.39 is 0 Å². The highest BCUT2D eigenvalue weighted by Gasteiger charge is 2.22. The average Bonchev–Trinajstić information content (AvgIpc) is 3.84. The summed E-state index contributed by atoms with van der Waals surface area (Å²) < 4.78 is 12.7. The third-order valence-electron chi connectivity index (χ3n) is 12.1.